The van der Waals surface area contributed by atoms with E-state index >= 15 is 0 Å². The van der Waals surface area contributed by atoms with Crippen molar-refractivity contribution in [1.82, 2.24) is 9.88 Å². The molecule has 0 spiro atoms. The Morgan fingerprint density at radius 1 is 1.12 bits per heavy atom. The molecule has 2 N–H and O–H groups in total. The molecule has 1 aromatic heterocycles. The van der Waals surface area contributed by atoms with E-state index in [4.69, 9.17) is 0 Å². The highest BCUT2D eigenvalue weighted by molar-refractivity contribution is 8.00. The molecular weight excluding hydrogens is 474 g/mol. The predicted molar refractivity (Wildman–Crippen MR) is 128 cm³/mol. The summed E-state index contributed by atoms with van der Waals surface area (Å²) in [5, 5.41) is 10.4. The number of carboxylic acids is 1. The molecular formula is C24H25N3O5S2. The molecule has 178 valence electrons. The molecule has 8 atom stereocenters. The van der Waals surface area contributed by atoms with Crippen LogP contribution >= 0.6 is 23.1 Å². The van der Waals surface area contributed by atoms with Crippen molar-refractivity contribution >= 4 is 46.6 Å². The maximum atomic E-state index is 13.4. The van der Waals surface area contributed by atoms with E-state index in [0.29, 0.717) is 0 Å². The van der Waals surface area contributed by atoms with Crippen LogP contribution in [0.5, 0.6) is 0 Å². The number of nitrogens with zero attached hydrogens (tertiary/aromatic N) is 2. The lowest BCUT2D eigenvalue weighted by molar-refractivity contribution is -0.154. The van der Waals surface area contributed by atoms with E-state index in [9.17, 15) is 24.3 Å². The van der Waals surface area contributed by atoms with Crippen molar-refractivity contribution in [2.45, 2.75) is 35.6 Å². The highest BCUT2D eigenvalue weighted by Gasteiger charge is 2.70. The van der Waals surface area contributed by atoms with Crippen LogP contribution in [0.3, 0.4) is 0 Å². The van der Waals surface area contributed by atoms with Crippen LogP contribution in [0.1, 0.15) is 29.7 Å². The Morgan fingerprint density at radius 3 is 2.38 bits per heavy atom. The second-order valence-electron chi connectivity index (χ2n) is 10.0. The van der Waals surface area contributed by atoms with E-state index in [1.54, 1.807) is 11.8 Å². The fourth-order valence-electron chi connectivity index (χ4n) is 6.89. The Morgan fingerprint density at radius 2 is 1.76 bits per heavy atom. The zero-order valence-corrected chi connectivity index (χ0v) is 20.6. The Balaban J connectivity index is 1.43. The number of carbonyl (C=O) groups excluding carboxylic acids is 2. The van der Waals surface area contributed by atoms with Gasteiger partial charge in [0, 0.05) is 35.8 Å². The lowest BCUT2D eigenvalue weighted by Gasteiger charge is -2.43. The molecule has 4 aliphatic rings. The molecule has 3 heterocycles. The van der Waals surface area contributed by atoms with Crippen LogP contribution in [0.15, 0.2) is 34.1 Å². The Bertz CT molecular complexity index is 1270. The number of anilines is 1. The molecule has 8 nitrogen and oxygen atoms in total. The number of aliphatic carboxylic acids is 1. The van der Waals surface area contributed by atoms with Gasteiger partial charge >= 0.3 is 10.8 Å². The number of aromatic nitrogens is 1. The zero-order chi connectivity index (χ0) is 24.0. The quantitative estimate of drug-likeness (QED) is 0.622. The molecule has 10 heteroatoms. The van der Waals surface area contributed by atoms with Crippen LogP contribution in [0.25, 0.3) is 0 Å². The summed E-state index contributed by atoms with van der Waals surface area (Å²) in [6.07, 6.45) is 0.788. The second-order valence-corrected chi connectivity index (χ2v) is 12.2. The zero-order valence-electron chi connectivity index (χ0n) is 18.9. The Hall–Kier alpha value is -2.59. The molecule has 2 amide bonds. The highest BCUT2D eigenvalue weighted by Crippen LogP contribution is 2.68. The molecule has 2 saturated carbocycles. The smallest absolute Gasteiger partial charge is 0.326 e. The third-order valence-electron chi connectivity index (χ3n) is 8.27. The number of aromatic amines is 1. The lowest BCUT2D eigenvalue weighted by atomic mass is 9.68. The summed E-state index contributed by atoms with van der Waals surface area (Å²) in [6, 6.07) is 7.18. The number of benzene rings is 1. The van der Waals surface area contributed by atoms with Crippen LogP contribution in [0.4, 0.5) is 5.69 Å². The standard InChI is InChI=1S/C24H25N3O5S2/c1-9(23(30)31)27-21(28)16-12-8-13(17(16)22(27)29)18-15(12)14(19-20(33-18)25-24(32)34-19)10-4-6-11(7-5-10)26(2)3/h4-7,9,12-18H,8H2,1-3H3,(H,25,32)(H,30,31)/t9-,12+,13-,14-,15-,16-,17-,18+/m0/s1. The first-order valence-corrected chi connectivity index (χ1v) is 13.1. The fourth-order valence-corrected chi connectivity index (χ4v) is 9.77. The minimum absolute atomic E-state index is 0.00690. The van der Waals surface area contributed by atoms with Crippen molar-refractivity contribution in [3.8, 4) is 0 Å². The van der Waals surface area contributed by atoms with Crippen LogP contribution in [-0.2, 0) is 14.4 Å². The van der Waals surface area contributed by atoms with Gasteiger partial charge < -0.3 is 15.0 Å². The molecule has 2 bridgehead atoms. The van der Waals surface area contributed by atoms with Crippen molar-refractivity contribution in [2.75, 3.05) is 19.0 Å². The number of nitrogens with one attached hydrogen (secondary N) is 1. The van der Waals surface area contributed by atoms with Gasteiger partial charge in [-0.25, -0.2) is 4.79 Å². The van der Waals surface area contributed by atoms with Gasteiger partial charge in [-0.05, 0) is 48.8 Å². The maximum Gasteiger partial charge on any atom is 0.326 e. The highest BCUT2D eigenvalue weighted by atomic mass is 32.2. The van der Waals surface area contributed by atoms with Crippen molar-refractivity contribution in [3.63, 3.8) is 0 Å². The number of thiazole rings is 1. The first-order chi connectivity index (χ1) is 16.2. The minimum atomic E-state index is -1.17. The number of rotatable bonds is 4. The number of carboxylic acid groups (broad SMARTS) is 1. The van der Waals surface area contributed by atoms with Gasteiger partial charge in [-0.2, -0.15) is 0 Å². The third-order valence-corrected chi connectivity index (χ3v) is 10.9. The predicted octanol–water partition coefficient (Wildman–Crippen LogP) is 2.45. The number of carbonyl (C=O) groups is 3. The lowest BCUT2D eigenvalue weighted by Crippen LogP contribution is -2.44. The summed E-state index contributed by atoms with van der Waals surface area (Å²) in [5.74, 6) is -2.73. The average molecular weight is 500 g/mol. The van der Waals surface area contributed by atoms with Gasteiger partial charge in [0.1, 0.15) is 6.04 Å². The van der Waals surface area contributed by atoms with Crippen molar-refractivity contribution in [2.24, 2.45) is 29.6 Å². The third kappa shape index (κ3) is 2.84. The number of H-pyrrole nitrogens is 1. The van der Waals surface area contributed by atoms with E-state index in [2.05, 4.69) is 29.2 Å². The molecule has 3 fully saturated rings. The molecule has 2 aliphatic carbocycles. The average Bonchev–Trinajstić information content (AvgIpc) is 3.52. The molecule has 1 saturated heterocycles. The maximum absolute atomic E-state index is 13.4. The van der Waals surface area contributed by atoms with E-state index in [0.717, 1.165) is 32.5 Å². The van der Waals surface area contributed by atoms with E-state index in [1.165, 1.54) is 18.3 Å². The van der Waals surface area contributed by atoms with Gasteiger partial charge in [0.05, 0.1) is 16.9 Å². The van der Waals surface area contributed by atoms with Gasteiger partial charge in [-0.15, -0.1) is 11.8 Å². The summed E-state index contributed by atoms with van der Waals surface area (Å²) in [7, 11) is 3.97. The number of imide groups is 1. The summed E-state index contributed by atoms with van der Waals surface area (Å²) in [5.41, 5.74) is 2.19. The normalized spacial score (nSPS) is 34.1. The molecule has 0 radical (unpaired) electrons. The van der Waals surface area contributed by atoms with Gasteiger partial charge in [-0.1, -0.05) is 23.5 Å². The fraction of sp³-hybridized carbons (Fsp3) is 0.500. The summed E-state index contributed by atoms with van der Waals surface area (Å²) in [4.78, 5) is 57.6. The summed E-state index contributed by atoms with van der Waals surface area (Å²) >= 11 is 2.87. The monoisotopic (exact) mass is 499 g/mol. The Labute approximate surface area is 204 Å². The molecule has 1 aromatic carbocycles. The summed E-state index contributed by atoms with van der Waals surface area (Å²) < 4.78 is 0. The van der Waals surface area contributed by atoms with Crippen LogP contribution in [-0.4, -0.2) is 58.2 Å². The van der Waals surface area contributed by atoms with Gasteiger partial charge in [0.2, 0.25) is 11.8 Å². The molecule has 0 unspecified atom stereocenters. The minimum Gasteiger partial charge on any atom is -0.480 e. The van der Waals surface area contributed by atoms with Crippen molar-refractivity contribution in [3.05, 3.63) is 44.4 Å². The SMILES string of the molecule is C[C@@H](C(=O)O)N1C(=O)[C@H]2[C@@H]3C[C@@H]([C@@H]2C1=O)[C@H]1[C@H](c2ccc(N(C)C)cc2)c2sc(=O)[nH]c2S[C@H]31. The molecule has 6 rings (SSSR count). The first kappa shape index (κ1) is 21.9. The number of likely N-dealkylation sites (tertiary alicyclic amines) is 1. The number of amides is 2. The Kier molecular flexibility index (Phi) is 4.80. The topological polar surface area (TPSA) is 111 Å². The first-order valence-electron chi connectivity index (χ1n) is 11.5. The van der Waals surface area contributed by atoms with E-state index in [-0.39, 0.29) is 45.6 Å². The molecule has 2 aliphatic heterocycles. The summed E-state index contributed by atoms with van der Waals surface area (Å²) in [6.45, 7) is 1.40. The number of hydrogen-bond donors (Lipinski definition) is 2. The van der Waals surface area contributed by atoms with Crippen LogP contribution in [0, 0.1) is 29.6 Å². The van der Waals surface area contributed by atoms with Crippen molar-refractivity contribution < 1.29 is 19.5 Å². The van der Waals surface area contributed by atoms with E-state index < -0.39 is 23.8 Å². The number of hydrogen-bond acceptors (Lipinski definition) is 7. The van der Waals surface area contributed by atoms with E-state index in [1.807, 2.05) is 19.0 Å². The largest absolute Gasteiger partial charge is 0.480 e. The number of fused-ring (bicyclic) bond motifs is 9. The second kappa shape index (κ2) is 7.45. The van der Waals surface area contributed by atoms with Crippen LogP contribution in [0.2, 0.25) is 0 Å². The van der Waals surface area contributed by atoms with Gasteiger partial charge in [0.25, 0.3) is 0 Å². The molecule has 34 heavy (non-hydrogen) atoms. The number of thioether (sulfide) groups is 1. The van der Waals surface area contributed by atoms with Gasteiger partial charge in [-0.3, -0.25) is 19.3 Å². The molecule has 2 aromatic rings. The van der Waals surface area contributed by atoms with Crippen LogP contribution < -0.4 is 9.77 Å². The van der Waals surface area contributed by atoms with Crippen molar-refractivity contribution in [1.29, 1.82) is 0 Å². The van der Waals surface area contributed by atoms with Gasteiger partial charge in [0.15, 0.2) is 0 Å².